The number of halogens is 1. The van der Waals surface area contributed by atoms with Crippen molar-refractivity contribution in [2.45, 2.75) is 12.3 Å². The van der Waals surface area contributed by atoms with Crippen molar-refractivity contribution in [2.75, 3.05) is 13.1 Å². The van der Waals surface area contributed by atoms with Crippen molar-refractivity contribution < 1.29 is 0 Å². The van der Waals surface area contributed by atoms with Crippen LogP contribution in [0.5, 0.6) is 0 Å². The average Bonchev–Trinajstić information content (AvgIpc) is 2.84. The highest BCUT2D eigenvalue weighted by Crippen LogP contribution is 2.22. The molecule has 3 nitrogen and oxygen atoms in total. The van der Waals surface area contributed by atoms with Crippen molar-refractivity contribution >= 4 is 17.2 Å². The van der Waals surface area contributed by atoms with E-state index in [1.54, 1.807) is 0 Å². The topological polar surface area (TPSA) is 29.3 Å². The van der Waals surface area contributed by atoms with Crippen molar-refractivity contribution in [3.05, 3.63) is 35.2 Å². The van der Waals surface area contributed by atoms with Gasteiger partial charge in [0.15, 0.2) is 0 Å². The van der Waals surface area contributed by atoms with Crippen LogP contribution in [-0.4, -0.2) is 22.5 Å². The molecule has 0 aromatic carbocycles. The molecule has 0 spiro atoms. The quantitative estimate of drug-likeness (QED) is 0.799. The lowest BCUT2D eigenvalue weighted by molar-refractivity contribution is 0.742. The Bertz CT molecular complexity index is 486. The van der Waals surface area contributed by atoms with Gasteiger partial charge in [-0.05, 0) is 25.1 Å². The molecule has 1 fully saturated rings. The Hall–Kier alpha value is -1.06. The Balaban J connectivity index is 2.05. The molecule has 1 N–H and O–H groups in total. The molecule has 15 heavy (non-hydrogen) atoms. The zero-order valence-electron chi connectivity index (χ0n) is 8.28. The van der Waals surface area contributed by atoms with Gasteiger partial charge >= 0.3 is 0 Å². The molecule has 2 aromatic heterocycles. The number of nitrogens with zero attached hydrogens (tertiary/aromatic N) is 2. The van der Waals surface area contributed by atoms with E-state index in [0.29, 0.717) is 5.92 Å². The van der Waals surface area contributed by atoms with Crippen LogP contribution in [-0.2, 0) is 0 Å². The van der Waals surface area contributed by atoms with E-state index < -0.39 is 0 Å². The molecule has 0 radical (unpaired) electrons. The van der Waals surface area contributed by atoms with E-state index in [4.69, 9.17) is 11.6 Å². The van der Waals surface area contributed by atoms with Gasteiger partial charge in [0.1, 0.15) is 5.65 Å². The summed E-state index contributed by atoms with van der Waals surface area (Å²) in [4.78, 5) is 4.60. The number of aromatic nitrogens is 2. The van der Waals surface area contributed by atoms with Gasteiger partial charge in [-0.1, -0.05) is 11.6 Å². The fraction of sp³-hybridized carbons (Fsp3) is 0.364. The molecule has 4 heteroatoms. The predicted octanol–water partition coefficient (Wildman–Crippen LogP) is 2.06. The summed E-state index contributed by atoms with van der Waals surface area (Å²) < 4.78 is 2.00. The summed E-state index contributed by atoms with van der Waals surface area (Å²) >= 11 is 5.93. The molecule has 78 valence electrons. The third-order valence-electron chi connectivity index (χ3n) is 2.91. The highest BCUT2D eigenvalue weighted by molar-refractivity contribution is 6.30. The number of hydrogen-bond acceptors (Lipinski definition) is 2. The molecule has 0 bridgehead atoms. The molecule has 3 rings (SSSR count). The SMILES string of the molecule is Clc1ccc2nc(C3CCNC3)cn2c1. The summed E-state index contributed by atoms with van der Waals surface area (Å²) in [6.07, 6.45) is 5.16. The van der Waals surface area contributed by atoms with Crippen LogP contribution in [0.25, 0.3) is 5.65 Å². The molecule has 1 saturated heterocycles. The van der Waals surface area contributed by atoms with E-state index in [9.17, 15) is 0 Å². The number of rotatable bonds is 1. The van der Waals surface area contributed by atoms with Gasteiger partial charge in [0, 0.05) is 24.9 Å². The Kier molecular flexibility index (Phi) is 2.15. The van der Waals surface area contributed by atoms with Crippen LogP contribution >= 0.6 is 11.6 Å². The first-order valence-electron chi connectivity index (χ1n) is 5.18. The molecule has 1 aliphatic heterocycles. The molecule has 0 saturated carbocycles. The third kappa shape index (κ3) is 1.62. The zero-order valence-corrected chi connectivity index (χ0v) is 9.04. The van der Waals surface area contributed by atoms with E-state index in [0.717, 1.165) is 23.8 Å². The van der Waals surface area contributed by atoms with Gasteiger partial charge in [0.2, 0.25) is 0 Å². The number of hydrogen-bond donors (Lipinski definition) is 1. The first kappa shape index (κ1) is 9.19. The maximum atomic E-state index is 5.93. The maximum absolute atomic E-state index is 5.93. The Morgan fingerprint density at radius 2 is 2.33 bits per heavy atom. The number of imidazole rings is 1. The number of nitrogens with one attached hydrogen (secondary N) is 1. The fourth-order valence-electron chi connectivity index (χ4n) is 2.09. The van der Waals surface area contributed by atoms with Gasteiger partial charge in [0.25, 0.3) is 0 Å². The van der Waals surface area contributed by atoms with E-state index in [-0.39, 0.29) is 0 Å². The van der Waals surface area contributed by atoms with E-state index in [1.807, 2.05) is 22.7 Å². The van der Waals surface area contributed by atoms with Gasteiger partial charge < -0.3 is 9.72 Å². The van der Waals surface area contributed by atoms with Crippen LogP contribution in [0.3, 0.4) is 0 Å². The predicted molar refractivity (Wildman–Crippen MR) is 60.4 cm³/mol. The molecule has 1 unspecified atom stereocenters. The maximum Gasteiger partial charge on any atom is 0.137 e. The van der Waals surface area contributed by atoms with Crippen molar-refractivity contribution in [1.82, 2.24) is 14.7 Å². The molecule has 0 aliphatic carbocycles. The lowest BCUT2D eigenvalue weighted by Crippen LogP contribution is -2.07. The minimum Gasteiger partial charge on any atom is -0.316 e. The van der Waals surface area contributed by atoms with Gasteiger partial charge in [0.05, 0.1) is 10.7 Å². The van der Waals surface area contributed by atoms with Crippen LogP contribution in [0.15, 0.2) is 24.5 Å². The molecule has 2 aromatic rings. The standard InChI is InChI=1S/C11H12ClN3/c12-9-1-2-11-14-10(7-15(11)6-9)8-3-4-13-5-8/h1-2,6-8,13H,3-5H2. The monoisotopic (exact) mass is 221 g/mol. The number of pyridine rings is 1. The first-order valence-corrected chi connectivity index (χ1v) is 5.55. The Morgan fingerprint density at radius 1 is 1.40 bits per heavy atom. The molecular weight excluding hydrogens is 210 g/mol. The van der Waals surface area contributed by atoms with E-state index in [2.05, 4.69) is 16.5 Å². The highest BCUT2D eigenvalue weighted by atomic mass is 35.5. The van der Waals surface area contributed by atoms with Crippen molar-refractivity contribution in [3.63, 3.8) is 0 Å². The Morgan fingerprint density at radius 3 is 3.13 bits per heavy atom. The molecular formula is C11H12ClN3. The lowest BCUT2D eigenvalue weighted by Gasteiger charge is -2.01. The minimum absolute atomic E-state index is 0.559. The van der Waals surface area contributed by atoms with Crippen LogP contribution in [0, 0.1) is 0 Å². The van der Waals surface area contributed by atoms with Crippen molar-refractivity contribution in [2.24, 2.45) is 0 Å². The van der Waals surface area contributed by atoms with E-state index in [1.165, 1.54) is 12.1 Å². The van der Waals surface area contributed by atoms with Gasteiger partial charge in [-0.3, -0.25) is 0 Å². The smallest absolute Gasteiger partial charge is 0.137 e. The first-order chi connectivity index (χ1) is 7.33. The van der Waals surface area contributed by atoms with E-state index >= 15 is 0 Å². The second kappa shape index (κ2) is 3.51. The average molecular weight is 222 g/mol. The number of fused-ring (bicyclic) bond motifs is 1. The van der Waals surface area contributed by atoms with Crippen LogP contribution < -0.4 is 5.32 Å². The summed E-state index contributed by atoms with van der Waals surface area (Å²) in [6.45, 7) is 2.14. The van der Waals surface area contributed by atoms with Gasteiger partial charge in [-0.25, -0.2) is 4.98 Å². The lowest BCUT2D eigenvalue weighted by atomic mass is 10.1. The fourth-order valence-corrected chi connectivity index (χ4v) is 2.26. The largest absolute Gasteiger partial charge is 0.316 e. The Labute approximate surface area is 93.1 Å². The van der Waals surface area contributed by atoms with Crippen LogP contribution in [0.1, 0.15) is 18.0 Å². The summed E-state index contributed by atoms with van der Waals surface area (Å²) in [6, 6.07) is 3.83. The van der Waals surface area contributed by atoms with Crippen molar-refractivity contribution in [1.29, 1.82) is 0 Å². The third-order valence-corrected chi connectivity index (χ3v) is 3.14. The molecule has 0 amide bonds. The zero-order chi connectivity index (χ0) is 10.3. The highest BCUT2D eigenvalue weighted by Gasteiger charge is 2.19. The molecule has 1 aliphatic rings. The van der Waals surface area contributed by atoms with Gasteiger partial charge in [-0.15, -0.1) is 0 Å². The van der Waals surface area contributed by atoms with Crippen LogP contribution in [0.4, 0.5) is 0 Å². The summed E-state index contributed by atoms with van der Waals surface area (Å²) in [5.74, 6) is 0.559. The second-order valence-corrected chi connectivity index (χ2v) is 4.40. The van der Waals surface area contributed by atoms with Crippen LogP contribution in [0.2, 0.25) is 5.02 Å². The summed E-state index contributed by atoms with van der Waals surface area (Å²) in [5, 5.41) is 4.10. The van der Waals surface area contributed by atoms with Gasteiger partial charge in [-0.2, -0.15) is 0 Å². The second-order valence-electron chi connectivity index (χ2n) is 3.97. The minimum atomic E-state index is 0.559. The molecule has 1 atom stereocenters. The molecule has 3 heterocycles. The normalized spacial score (nSPS) is 21.3. The summed E-state index contributed by atoms with van der Waals surface area (Å²) in [5.41, 5.74) is 2.14. The van der Waals surface area contributed by atoms with Crippen molar-refractivity contribution in [3.8, 4) is 0 Å². The summed E-state index contributed by atoms with van der Waals surface area (Å²) in [7, 11) is 0.